The van der Waals surface area contributed by atoms with Gasteiger partial charge in [0.25, 0.3) is 0 Å². The van der Waals surface area contributed by atoms with Gasteiger partial charge in [0.1, 0.15) is 0 Å². The molecular weight excluding hydrogens is 228 g/mol. The Bertz CT molecular complexity index is 509. The van der Waals surface area contributed by atoms with Crippen LogP contribution in [0.25, 0.3) is 11.1 Å². The van der Waals surface area contributed by atoms with E-state index in [1.54, 1.807) is 0 Å². The third-order valence-electron chi connectivity index (χ3n) is 3.15. The van der Waals surface area contributed by atoms with E-state index in [0.717, 1.165) is 6.42 Å². The molecule has 0 radical (unpaired) electrons. The van der Waals surface area contributed by atoms with E-state index in [9.17, 15) is 0 Å². The van der Waals surface area contributed by atoms with Crippen LogP contribution in [0.1, 0.15) is 43.9 Å². The summed E-state index contributed by atoms with van der Waals surface area (Å²) in [5.41, 5.74) is 6.84. The van der Waals surface area contributed by atoms with Crippen LogP contribution < -0.4 is 0 Å². The highest BCUT2D eigenvalue weighted by atomic mass is 14.1. The summed E-state index contributed by atoms with van der Waals surface area (Å²) in [5, 5.41) is 0. The van der Waals surface area contributed by atoms with Crippen molar-refractivity contribution in [1.29, 1.82) is 0 Å². The number of hydrogen-bond acceptors (Lipinski definition) is 0. The normalized spacial score (nSPS) is 9.74. The van der Waals surface area contributed by atoms with Gasteiger partial charge in [0, 0.05) is 0 Å². The van der Waals surface area contributed by atoms with Crippen molar-refractivity contribution in [3.8, 4) is 11.1 Å². The number of aryl methyl sites for hydroxylation is 3. The van der Waals surface area contributed by atoms with Gasteiger partial charge in [-0.2, -0.15) is 0 Å². The van der Waals surface area contributed by atoms with Crippen LogP contribution in [0.5, 0.6) is 0 Å². The van der Waals surface area contributed by atoms with Crippen LogP contribution in [-0.4, -0.2) is 0 Å². The highest BCUT2D eigenvalue weighted by Gasteiger charge is 2.04. The van der Waals surface area contributed by atoms with Crippen molar-refractivity contribution in [2.45, 2.75) is 47.5 Å². The van der Waals surface area contributed by atoms with Crippen LogP contribution in [0.2, 0.25) is 0 Å². The Morgan fingerprint density at radius 2 is 1.32 bits per heavy atom. The van der Waals surface area contributed by atoms with Crippen LogP contribution in [0.15, 0.2) is 42.5 Å². The minimum atomic E-state index is 1.10. The summed E-state index contributed by atoms with van der Waals surface area (Å²) in [7, 11) is 0. The van der Waals surface area contributed by atoms with Gasteiger partial charge in [-0.15, -0.1) is 0 Å². The fraction of sp³-hybridized carbons (Fsp3) is 0.368. The van der Waals surface area contributed by atoms with Crippen molar-refractivity contribution < 1.29 is 0 Å². The molecule has 0 nitrogen and oxygen atoms in total. The molecule has 0 aliphatic rings. The van der Waals surface area contributed by atoms with E-state index >= 15 is 0 Å². The molecule has 2 aromatic carbocycles. The van der Waals surface area contributed by atoms with E-state index in [1.165, 1.54) is 34.2 Å². The zero-order valence-electron chi connectivity index (χ0n) is 13.0. The van der Waals surface area contributed by atoms with Gasteiger partial charge in [0.2, 0.25) is 0 Å². The predicted molar refractivity (Wildman–Crippen MR) is 86.7 cm³/mol. The summed E-state index contributed by atoms with van der Waals surface area (Å²) in [5.74, 6) is 0. The van der Waals surface area contributed by atoms with Gasteiger partial charge in [-0.1, -0.05) is 69.7 Å². The lowest BCUT2D eigenvalue weighted by atomic mass is 9.94. The van der Waals surface area contributed by atoms with Gasteiger partial charge in [-0.25, -0.2) is 0 Å². The lowest BCUT2D eigenvalue weighted by Crippen LogP contribution is -1.89. The molecule has 102 valence electrons. The average molecular weight is 254 g/mol. The van der Waals surface area contributed by atoms with Crippen LogP contribution in [-0.2, 0) is 6.42 Å². The molecule has 2 aromatic rings. The highest BCUT2D eigenvalue weighted by Crippen LogP contribution is 2.27. The lowest BCUT2D eigenvalue weighted by molar-refractivity contribution is 1.09. The van der Waals surface area contributed by atoms with Crippen molar-refractivity contribution in [2.75, 3.05) is 0 Å². The van der Waals surface area contributed by atoms with E-state index < -0.39 is 0 Å². The summed E-state index contributed by atoms with van der Waals surface area (Å²) >= 11 is 0. The summed E-state index contributed by atoms with van der Waals surface area (Å²) in [6.45, 7) is 10.8. The van der Waals surface area contributed by atoms with Gasteiger partial charge in [-0.3, -0.25) is 0 Å². The fourth-order valence-electron chi connectivity index (χ4n) is 2.05. The molecule has 0 amide bonds. The zero-order chi connectivity index (χ0) is 14.3. The number of hydrogen-bond donors (Lipinski definition) is 0. The van der Waals surface area contributed by atoms with Crippen molar-refractivity contribution >= 4 is 0 Å². The minimum Gasteiger partial charge on any atom is -0.0656 e. The van der Waals surface area contributed by atoms with E-state index in [1.807, 2.05) is 0 Å². The third kappa shape index (κ3) is 4.24. The SMILES string of the molecule is CCC.CCc1ccc(C)c(-c2ccccc2C)c1. The smallest absolute Gasteiger partial charge is 0.0149 e. The molecule has 0 aliphatic heterocycles. The van der Waals surface area contributed by atoms with Crippen LogP contribution in [0.4, 0.5) is 0 Å². The number of benzene rings is 2. The molecule has 0 aliphatic carbocycles. The van der Waals surface area contributed by atoms with Crippen molar-refractivity contribution in [2.24, 2.45) is 0 Å². The van der Waals surface area contributed by atoms with Crippen LogP contribution in [0.3, 0.4) is 0 Å². The van der Waals surface area contributed by atoms with E-state index in [4.69, 9.17) is 0 Å². The maximum Gasteiger partial charge on any atom is -0.0149 e. The summed E-state index contributed by atoms with van der Waals surface area (Å²) in [4.78, 5) is 0. The monoisotopic (exact) mass is 254 g/mol. The first-order chi connectivity index (χ1) is 9.13. The summed E-state index contributed by atoms with van der Waals surface area (Å²) in [6, 6.07) is 15.3. The topological polar surface area (TPSA) is 0 Å². The van der Waals surface area contributed by atoms with E-state index in [2.05, 4.69) is 77.1 Å². The Hall–Kier alpha value is -1.56. The van der Waals surface area contributed by atoms with Gasteiger partial charge >= 0.3 is 0 Å². The molecule has 0 atom stereocenters. The molecule has 19 heavy (non-hydrogen) atoms. The molecule has 0 saturated carbocycles. The molecule has 0 unspecified atom stereocenters. The molecule has 0 spiro atoms. The zero-order valence-corrected chi connectivity index (χ0v) is 13.0. The molecule has 0 fully saturated rings. The first-order valence-electron chi connectivity index (χ1n) is 7.29. The van der Waals surface area contributed by atoms with Gasteiger partial charge in [-0.05, 0) is 48.1 Å². The molecule has 0 aromatic heterocycles. The van der Waals surface area contributed by atoms with Crippen LogP contribution >= 0.6 is 0 Å². The molecule has 0 N–H and O–H groups in total. The molecule has 0 heteroatoms. The van der Waals surface area contributed by atoms with Crippen LogP contribution in [0, 0.1) is 13.8 Å². The first kappa shape index (κ1) is 15.5. The standard InChI is InChI=1S/C16H18.C3H8/c1-4-14-10-9-13(3)16(11-14)15-8-6-5-7-12(15)2;1-3-2/h5-11H,4H2,1-3H3;3H2,1-2H3. The Balaban J connectivity index is 0.000000550. The fourth-order valence-corrected chi connectivity index (χ4v) is 2.05. The third-order valence-corrected chi connectivity index (χ3v) is 3.15. The summed E-state index contributed by atoms with van der Waals surface area (Å²) in [6.07, 6.45) is 2.35. The van der Waals surface area contributed by atoms with E-state index in [0.29, 0.717) is 0 Å². The summed E-state index contributed by atoms with van der Waals surface area (Å²) < 4.78 is 0. The Morgan fingerprint density at radius 3 is 1.89 bits per heavy atom. The lowest BCUT2D eigenvalue weighted by Gasteiger charge is -2.10. The predicted octanol–water partition coefficient (Wildman–Crippen LogP) is 5.95. The molecule has 0 heterocycles. The maximum absolute atomic E-state index is 2.32. The Morgan fingerprint density at radius 1 is 0.737 bits per heavy atom. The van der Waals surface area contributed by atoms with Gasteiger partial charge in [0.15, 0.2) is 0 Å². The first-order valence-corrected chi connectivity index (χ1v) is 7.29. The van der Waals surface area contributed by atoms with E-state index in [-0.39, 0.29) is 0 Å². The van der Waals surface area contributed by atoms with Gasteiger partial charge in [0.05, 0.1) is 0 Å². The molecular formula is C19H26. The largest absolute Gasteiger partial charge is 0.0656 e. The molecule has 0 bridgehead atoms. The average Bonchev–Trinajstić information content (AvgIpc) is 2.41. The quantitative estimate of drug-likeness (QED) is 0.621. The molecule has 0 saturated heterocycles. The van der Waals surface area contributed by atoms with Crippen molar-refractivity contribution in [3.05, 3.63) is 59.2 Å². The molecule has 2 rings (SSSR count). The second-order valence-corrected chi connectivity index (χ2v) is 5.02. The Kier molecular flexibility index (Phi) is 6.35. The number of rotatable bonds is 2. The second-order valence-electron chi connectivity index (χ2n) is 5.02. The van der Waals surface area contributed by atoms with Crippen molar-refractivity contribution in [1.82, 2.24) is 0 Å². The van der Waals surface area contributed by atoms with Crippen molar-refractivity contribution in [3.63, 3.8) is 0 Å². The maximum atomic E-state index is 2.32. The second kappa shape index (κ2) is 7.78. The Labute approximate surface area is 118 Å². The minimum absolute atomic E-state index is 1.10. The highest BCUT2D eigenvalue weighted by molar-refractivity contribution is 5.70. The van der Waals surface area contributed by atoms with Gasteiger partial charge < -0.3 is 0 Å².